The molecular weight excluding hydrogens is 282 g/mol. The molecule has 4 heteroatoms. The molecule has 0 heterocycles. The van der Waals surface area contributed by atoms with Crippen LogP contribution in [0.1, 0.15) is 0 Å². The van der Waals surface area contributed by atoms with Crippen molar-refractivity contribution in [3.05, 3.63) is 59.1 Å². The number of nitrogens with zero attached hydrogens (tertiary/aromatic N) is 1. The lowest BCUT2D eigenvalue weighted by Gasteiger charge is -2.19. The number of halogens is 1. The smallest absolute Gasteiger partial charge is 0.416 e. The number of anilines is 2. The topological polar surface area (TPSA) is 40.5 Å². The zero-order valence-corrected chi connectivity index (χ0v) is 10.5. The summed E-state index contributed by atoms with van der Waals surface area (Å²) in [5.74, 6) is 0. The second kappa shape index (κ2) is 5.01. The molecule has 0 aliphatic heterocycles. The molecule has 0 aliphatic carbocycles. The quantitative estimate of drug-likeness (QED) is 0.898. The number of hydrogen-bond donors (Lipinski definition) is 1. The van der Waals surface area contributed by atoms with Crippen LogP contribution in [0.3, 0.4) is 0 Å². The van der Waals surface area contributed by atoms with Crippen molar-refractivity contribution < 1.29 is 9.90 Å². The van der Waals surface area contributed by atoms with E-state index in [1.54, 1.807) is 30.3 Å². The van der Waals surface area contributed by atoms with Gasteiger partial charge in [0.05, 0.1) is 11.4 Å². The molecule has 1 amide bonds. The first-order chi connectivity index (χ1) is 8.18. The zero-order valence-electron chi connectivity index (χ0n) is 8.88. The Morgan fingerprint density at radius 3 is 2.24 bits per heavy atom. The molecule has 17 heavy (non-hydrogen) atoms. The highest BCUT2D eigenvalue weighted by Gasteiger charge is 2.16. The summed E-state index contributed by atoms with van der Waals surface area (Å²) in [6.07, 6.45) is -1.01. The fourth-order valence-corrected chi connectivity index (χ4v) is 1.95. The van der Waals surface area contributed by atoms with Gasteiger partial charge in [0.25, 0.3) is 0 Å². The van der Waals surface area contributed by atoms with Gasteiger partial charge in [-0.15, -0.1) is 0 Å². The summed E-state index contributed by atoms with van der Waals surface area (Å²) in [4.78, 5) is 12.6. The van der Waals surface area contributed by atoms with E-state index in [1.165, 1.54) is 4.90 Å². The Kier molecular flexibility index (Phi) is 3.44. The van der Waals surface area contributed by atoms with Gasteiger partial charge in [0.2, 0.25) is 0 Å². The molecule has 0 aromatic heterocycles. The molecule has 0 aliphatic rings. The molecule has 86 valence electrons. The fourth-order valence-electron chi connectivity index (χ4n) is 1.56. The van der Waals surface area contributed by atoms with Crippen LogP contribution in [0.2, 0.25) is 0 Å². The molecule has 0 radical (unpaired) electrons. The Bertz CT molecular complexity index is 528. The summed E-state index contributed by atoms with van der Waals surface area (Å²) in [5.41, 5.74) is 1.23. The average Bonchev–Trinajstić information content (AvgIpc) is 2.30. The van der Waals surface area contributed by atoms with Gasteiger partial charge < -0.3 is 5.11 Å². The minimum absolute atomic E-state index is 0.609. The fraction of sp³-hybridized carbons (Fsp3) is 0. The van der Waals surface area contributed by atoms with Crippen LogP contribution < -0.4 is 4.90 Å². The minimum Gasteiger partial charge on any atom is -0.464 e. The van der Waals surface area contributed by atoms with E-state index in [0.717, 1.165) is 4.47 Å². The standard InChI is InChI=1S/C13H10BrNO2/c14-10-5-4-8-12(9-10)15(13(16)17)11-6-2-1-3-7-11/h1-9H,(H,16,17). The molecule has 0 bridgehead atoms. The van der Waals surface area contributed by atoms with Gasteiger partial charge in [-0.2, -0.15) is 0 Å². The Morgan fingerprint density at radius 1 is 1.00 bits per heavy atom. The normalized spacial score (nSPS) is 9.94. The second-order valence-corrected chi connectivity index (χ2v) is 4.35. The van der Waals surface area contributed by atoms with E-state index in [4.69, 9.17) is 0 Å². The number of para-hydroxylation sites is 1. The Balaban J connectivity index is 2.47. The van der Waals surface area contributed by atoms with E-state index in [0.29, 0.717) is 11.4 Å². The van der Waals surface area contributed by atoms with Crippen LogP contribution in [0.4, 0.5) is 16.2 Å². The molecule has 0 unspecified atom stereocenters. The van der Waals surface area contributed by atoms with Crippen LogP contribution in [0.15, 0.2) is 59.1 Å². The summed E-state index contributed by atoms with van der Waals surface area (Å²) in [6, 6.07) is 16.2. The van der Waals surface area contributed by atoms with Gasteiger partial charge >= 0.3 is 6.09 Å². The summed E-state index contributed by atoms with van der Waals surface area (Å²) < 4.78 is 0.845. The Labute approximate surface area is 107 Å². The molecule has 0 saturated heterocycles. The van der Waals surface area contributed by atoms with Gasteiger partial charge in [-0.3, -0.25) is 0 Å². The predicted octanol–water partition coefficient (Wildman–Crippen LogP) is 4.27. The van der Waals surface area contributed by atoms with Crippen molar-refractivity contribution in [2.24, 2.45) is 0 Å². The average molecular weight is 292 g/mol. The van der Waals surface area contributed by atoms with Crippen LogP contribution in [-0.2, 0) is 0 Å². The minimum atomic E-state index is -1.01. The first-order valence-corrected chi connectivity index (χ1v) is 5.81. The van der Waals surface area contributed by atoms with Crippen LogP contribution in [-0.4, -0.2) is 11.2 Å². The lowest BCUT2D eigenvalue weighted by molar-refractivity contribution is 0.205. The van der Waals surface area contributed by atoms with E-state index < -0.39 is 6.09 Å². The van der Waals surface area contributed by atoms with E-state index in [-0.39, 0.29) is 0 Å². The van der Waals surface area contributed by atoms with Crippen molar-refractivity contribution in [1.29, 1.82) is 0 Å². The Hall–Kier alpha value is -1.81. The molecule has 0 fully saturated rings. The molecule has 0 spiro atoms. The summed E-state index contributed by atoms with van der Waals surface area (Å²) >= 11 is 3.33. The first-order valence-electron chi connectivity index (χ1n) is 5.02. The maximum absolute atomic E-state index is 11.3. The van der Waals surface area contributed by atoms with E-state index in [2.05, 4.69) is 15.9 Å². The maximum Gasteiger partial charge on any atom is 0.416 e. The summed E-state index contributed by atoms with van der Waals surface area (Å²) in [5, 5.41) is 9.28. The van der Waals surface area contributed by atoms with E-state index in [1.807, 2.05) is 24.3 Å². The number of amides is 1. The number of carbonyl (C=O) groups is 1. The lowest BCUT2D eigenvalue weighted by atomic mass is 10.2. The molecule has 3 nitrogen and oxygen atoms in total. The number of rotatable bonds is 2. The van der Waals surface area contributed by atoms with Crippen LogP contribution in [0, 0.1) is 0 Å². The lowest BCUT2D eigenvalue weighted by Crippen LogP contribution is -2.23. The SMILES string of the molecule is O=C(O)N(c1ccccc1)c1cccc(Br)c1. The van der Waals surface area contributed by atoms with E-state index >= 15 is 0 Å². The highest BCUT2D eigenvalue weighted by Crippen LogP contribution is 2.27. The highest BCUT2D eigenvalue weighted by molar-refractivity contribution is 9.10. The predicted molar refractivity (Wildman–Crippen MR) is 70.7 cm³/mol. The Morgan fingerprint density at radius 2 is 1.65 bits per heavy atom. The van der Waals surface area contributed by atoms with Crippen molar-refractivity contribution in [2.75, 3.05) is 4.90 Å². The van der Waals surface area contributed by atoms with Gasteiger partial charge in [0.15, 0.2) is 0 Å². The summed E-state index contributed by atoms with van der Waals surface area (Å²) in [7, 11) is 0. The highest BCUT2D eigenvalue weighted by atomic mass is 79.9. The van der Waals surface area contributed by atoms with Gasteiger partial charge in [0.1, 0.15) is 0 Å². The van der Waals surface area contributed by atoms with Crippen molar-refractivity contribution >= 4 is 33.4 Å². The van der Waals surface area contributed by atoms with Gasteiger partial charge in [-0.1, -0.05) is 40.2 Å². The number of hydrogen-bond acceptors (Lipinski definition) is 1. The van der Waals surface area contributed by atoms with Crippen molar-refractivity contribution in [3.63, 3.8) is 0 Å². The van der Waals surface area contributed by atoms with Crippen LogP contribution >= 0.6 is 15.9 Å². The van der Waals surface area contributed by atoms with Gasteiger partial charge in [-0.05, 0) is 30.3 Å². The number of benzene rings is 2. The summed E-state index contributed by atoms with van der Waals surface area (Å²) in [6.45, 7) is 0. The van der Waals surface area contributed by atoms with Crippen LogP contribution in [0.5, 0.6) is 0 Å². The molecule has 1 N–H and O–H groups in total. The maximum atomic E-state index is 11.3. The van der Waals surface area contributed by atoms with Gasteiger partial charge in [0, 0.05) is 4.47 Å². The third-order valence-electron chi connectivity index (χ3n) is 2.27. The molecule has 2 rings (SSSR count). The monoisotopic (exact) mass is 291 g/mol. The first kappa shape index (κ1) is 11.7. The van der Waals surface area contributed by atoms with Crippen molar-refractivity contribution in [1.82, 2.24) is 0 Å². The van der Waals surface area contributed by atoms with Crippen molar-refractivity contribution in [3.8, 4) is 0 Å². The second-order valence-electron chi connectivity index (χ2n) is 3.43. The molecule has 0 atom stereocenters. The van der Waals surface area contributed by atoms with E-state index in [9.17, 15) is 9.90 Å². The number of carboxylic acid groups (broad SMARTS) is 1. The molecule has 2 aromatic carbocycles. The third-order valence-corrected chi connectivity index (χ3v) is 2.77. The van der Waals surface area contributed by atoms with Gasteiger partial charge in [-0.25, -0.2) is 9.69 Å². The van der Waals surface area contributed by atoms with Crippen LogP contribution in [0.25, 0.3) is 0 Å². The van der Waals surface area contributed by atoms with Crippen molar-refractivity contribution in [2.45, 2.75) is 0 Å². The zero-order chi connectivity index (χ0) is 12.3. The largest absolute Gasteiger partial charge is 0.464 e. The third kappa shape index (κ3) is 2.65. The molecular formula is C13H10BrNO2. The molecule has 2 aromatic rings. The molecule has 0 saturated carbocycles.